The predicted octanol–water partition coefficient (Wildman–Crippen LogP) is 4.71. The van der Waals surface area contributed by atoms with Gasteiger partial charge in [0.2, 0.25) is 0 Å². The third-order valence-corrected chi connectivity index (χ3v) is 4.86. The standard InChI is InChI=1S/C13H14N2S2/c1-2-6-10(7-3-1)15-17-13-14-11-8-4-5-9-12(11)16-13/h4-5,8-9H,1-3,6-7H2. The van der Waals surface area contributed by atoms with Gasteiger partial charge in [0.15, 0.2) is 4.34 Å². The average molecular weight is 262 g/mol. The van der Waals surface area contributed by atoms with E-state index in [9.17, 15) is 0 Å². The number of benzene rings is 1. The summed E-state index contributed by atoms with van der Waals surface area (Å²) in [5.41, 5.74) is 2.45. The maximum Gasteiger partial charge on any atom is 0.173 e. The molecule has 0 N–H and O–H groups in total. The van der Waals surface area contributed by atoms with Gasteiger partial charge in [-0.2, -0.15) is 0 Å². The lowest BCUT2D eigenvalue weighted by molar-refractivity contribution is 0.668. The van der Waals surface area contributed by atoms with Crippen LogP contribution in [0.4, 0.5) is 0 Å². The Balaban J connectivity index is 1.76. The molecule has 0 radical (unpaired) electrons. The number of fused-ring (bicyclic) bond motifs is 1. The fourth-order valence-electron chi connectivity index (χ4n) is 2.04. The lowest BCUT2D eigenvalue weighted by Crippen LogP contribution is -2.03. The van der Waals surface area contributed by atoms with E-state index >= 15 is 0 Å². The highest BCUT2D eigenvalue weighted by Crippen LogP contribution is 2.31. The van der Waals surface area contributed by atoms with Crippen LogP contribution in [0, 0.1) is 0 Å². The van der Waals surface area contributed by atoms with E-state index in [0.29, 0.717) is 0 Å². The van der Waals surface area contributed by atoms with Crippen LogP contribution in [0.15, 0.2) is 33.0 Å². The molecule has 0 unspecified atom stereocenters. The second-order valence-corrected chi connectivity index (χ2v) is 6.30. The van der Waals surface area contributed by atoms with Crippen LogP contribution in [0.2, 0.25) is 0 Å². The molecule has 0 aliphatic heterocycles. The van der Waals surface area contributed by atoms with Gasteiger partial charge in [-0.05, 0) is 37.8 Å². The van der Waals surface area contributed by atoms with Crippen LogP contribution in [0.3, 0.4) is 0 Å². The molecule has 1 heterocycles. The zero-order valence-electron chi connectivity index (χ0n) is 9.56. The molecule has 17 heavy (non-hydrogen) atoms. The molecule has 1 aromatic carbocycles. The Kier molecular flexibility index (Phi) is 3.43. The van der Waals surface area contributed by atoms with Gasteiger partial charge in [-0.3, -0.25) is 0 Å². The summed E-state index contributed by atoms with van der Waals surface area (Å²) >= 11 is 3.28. The van der Waals surface area contributed by atoms with E-state index < -0.39 is 0 Å². The van der Waals surface area contributed by atoms with Crippen molar-refractivity contribution in [3.8, 4) is 0 Å². The summed E-state index contributed by atoms with van der Waals surface area (Å²) in [4.78, 5) is 4.57. The fourth-order valence-corrected chi connectivity index (χ4v) is 3.80. The number of rotatable bonds is 2. The lowest BCUT2D eigenvalue weighted by Gasteiger charge is -2.10. The van der Waals surface area contributed by atoms with Gasteiger partial charge in [0.1, 0.15) is 0 Å². The van der Waals surface area contributed by atoms with Crippen molar-refractivity contribution in [3.63, 3.8) is 0 Å². The quantitative estimate of drug-likeness (QED) is 0.732. The Morgan fingerprint density at radius 3 is 2.76 bits per heavy atom. The van der Waals surface area contributed by atoms with Crippen LogP contribution >= 0.6 is 23.3 Å². The Morgan fingerprint density at radius 2 is 1.94 bits per heavy atom. The summed E-state index contributed by atoms with van der Waals surface area (Å²) in [6.07, 6.45) is 6.33. The minimum absolute atomic E-state index is 1.06. The molecule has 1 fully saturated rings. The third-order valence-electron chi connectivity index (χ3n) is 2.96. The smallest absolute Gasteiger partial charge is 0.173 e. The third kappa shape index (κ3) is 2.69. The summed E-state index contributed by atoms with van der Waals surface area (Å²) in [6, 6.07) is 8.26. The summed E-state index contributed by atoms with van der Waals surface area (Å²) in [5.74, 6) is 0. The Bertz CT molecular complexity index is 504. The molecule has 0 spiro atoms. The number of aromatic nitrogens is 1. The first-order valence-corrected chi connectivity index (χ1v) is 7.59. The molecule has 3 rings (SSSR count). The maximum absolute atomic E-state index is 4.63. The maximum atomic E-state index is 4.63. The molecule has 1 aliphatic rings. The van der Waals surface area contributed by atoms with Crippen molar-refractivity contribution in [2.75, 3.05) is 0 Å². The summed E-state index contributed by atoms with van der Waals surface area (Å²) in [6.45, 7) is 0. The first-order chi connectivity index (χ1) is 8.42. The number of nitrogens with zero attached hydrogens (tertiary/aromatic N) is 2. The molecule has 88 valence electrons. The second-order valence-electron chi connectivity index (χ2n) is 4.26. The normalized spacial score (nSPS) is 16.4. The number of hydrogen-bond donors (Lipinski definition) is 0. The molecule has 2 nitrogen and oxygen atoms in total. The van der Waals surface area contributed by atoms with Crippen LogP contribution in [0.25, 0.3) is 10.2 Å². The van der Waals surface area contributed by atoms with Crippen molar-refractivity contribution in [3.05, 3.63) is 24.3 Å². The predicted molar refractivity (Wildman–Crippen MR) is 76.0 cm³/mol. The van der Waals surface area contributed by atoms with E-state index in [1.54, 1.807) is 23.3 Å². The van der Waals surface area contributed by atoms with Gasteiger partial charge in [0, 0.05) is 17.7 Å². The van der Waals surface area contributed by atoms with E-state index in [1.165, 1.54) is 42.5 Å². The molecule has 1 aliphatic carbocycles. The van der Waals surface area contributed by atoms with Gasteiger partial charge in [0.05, 0.1) is 10.2 Å². The van der Waals surface area contributed by atoms with E-state index in [4.69, 9.17) is 0 Å². The summed E-state index contributed by atoms with van der Waals surface area (Å²) < 4.78 is 6.94. The fraction of sp³-hybridized carbons (Fsp3) is 0.385. The van der Waals surface area contributed by atoms with Gasteiger partial charge < -0.3 is 0 Å². The van der Waals surface area contributed by atoms with E-state index in [2.05, 4.69) is 27.6 Å². The summed E-state index contributed by atoms with van der Waals surface area (Å²) in [5, 5.41) is 0. The van der Waals surface area contributed by atoms with Crippen molar-refractivity contribution in [1.82, 2.24) is 4.98 Å². The Hall–Kier alpha value is -0.870. The lowest BCUT2D eigenvalue weighted by atomic mass is 9.99. The molecule has 0 saturated heterocycles. The van der Waals surface area contributed by atoms with Gasteiger partial charge >= 0.3 is 0 Å². The van der Waals surface area contributed by atoms with Crippen molar-refractivity contribution in [2.45, 2.75) is 36.4 Å². The Labute approximate surface area is 109 Å². The zero-order valence-corrected chi connectivity index (χ0v) is 11.2. The van der Waals surface area contributed by atoms with Crippen molar-refractivity contribution in [1.29, 1.82) is 0 Å². The molecule has 0 amide bonds. The molecular formula is C13H14N2S2. The molecular weight excluding hydrogens is 248 g/mol. The van der Waals surface area contributed by atoms with Crippen molar-refractivity contribution >= 4 is 39.2 Å². The van der Waals surface area contributed by atoms with Gasteiger partial charge in [0.25, 0.3) is 0 Å². The Morgan fingerprint density at radius 1 is 1.12 bits per heavy atom. The van der Waals surface area contributed by atoms with E-state index in [1.807, 2.05) is 6.07 Å². The van der Waals surface area contributed by atoms with Crippen LogP contribution < -0.4 is 0 Å². The molecule has 0 bridgehead atoms. The second kappa shape index (κ2) is 5.19. The highest BCUT2D eigenvalue weighted by atomic mass is 32.2. The highest BCUT2D eigenvalue weighted by Gasteiger charge is 2.08. The van der Waals surface area contributed by atoms with E-state index in [0.717, 1.165) is 9.86 Å². The molecule has 1 saturated carbocycles. The van der Waals surface area contributed by atoms with Crippen LogP contribution in [-0.2, 0) is 0 Å². The SMILES string of the molecule is c1ccc2sc(SN=C3CCCCC3)nc2c1. The van der Waals surface area contributed by atoms with Crippen molar-refractivity contribution in [2.24, 2.45) is 4.40 Å². The van der Waals surface area contributed by atoms with Gasteiger partial charge in [-0.15, -0.1) is 11.3 Å². The molecule has 4 heteroatoms. The zero-order chi connectivity index (χ0) is 11.5. The number of thiazole rings is 1. The monoisotopic (exact) mass is 262 g/mol. The van der Waals surface area contributed by atoms with Gasteiger partial charge in [-0.1, -0.05) is 18.6 Å². The topological polar surface area (TPSA) is 25.2 Å². The van der Waals surface area contributed by atoms with E-state index in [-0.39, 0.29) is 0 Å². The minimum Gasteiger partial charge on any atom is -0.228 e. The number of para-hydroxylation sites is 1. The van der Waals surface area contributed by atoms with Crippen LogP contribution in [0.1, 0.15) is 32.1 Å². The van der Waals surface area contributed by atoms with Crippen molar-refractivity contribution < 1.29 is 0 Å². The molecule has 0 atom stereocenters. The molecule has 2 aromatic rings. The average Bonchev–Trinajstić information content (AvgIpc) is 2.80. The molecule has 1 aromatic heterocycles. The highest BCUT2D eigenvalue weighted by molar-refractivity contribution is 8.00. The minimum atomic E-state index is 1.06. The van der Waals surface area contributed by atoms with Crippen LogP contribution in [-0.4, -0.2) is 10.7 Å². The van der Waals surface area contributed by atoms with Gasteiger partial charge in [-0.25, -0.2) is 9.38 Å². The summed E-state index contributed by atoms with van der Waals surface area (Å²) in [7, 11) is 0. The first-order valence-electron chi connectivity index (χ1n) is 6.00. The number of hydrogen-bond acceptors (Lipinski definition) is 4. The first kappa shape index (κ1) is 11.2. The van der Waals surface area contributed by atoms with Crippen LogP contribution in [0.5, 0.6) is 0 Å². The largest absolute Gasteiger partial charge is 0.228 e.